The molecule has 0 aromatic heterocycles. The lowest BCUT2D eigenvalue weighted by atomic mass is 10.3. The lowest BCUT2D eigenvalue weighted by Crippen LogP contribution is -2.31. The van der Waals surface area contributed by atoms with Crippen LogP contribution in [-0.4, -0.2) is 32.3 Å². The first-order valence-electron chi connectivity index (χ1n) is 4.06. The minimum absolute atomic E-state index is 0.0269. The average molecular weight is 188 g/mol. The number of rotatable bonds is 5. The summed E-state index contributed by atoms with van der Waals surface area (Å²) in [6.07, 6.45) is 1.26. The highest BCUT2D eigenvalue weighted by Crippen LogP contribution is 1.84. The molecule has 0 rings (SSSR count). The third kappa shape index (κ3) is 8.45. The molecule has 0 radical (unpaired) electrons. The van der Waals surface area contributed by atoms with Crippen LogP contribution < -0.4 is 16.4 Å². The van der Waals surface area contributed by atoms with Crippen molar-refractivity contribution in [1.82, 2.24) is 10.6 Å². The first-order chi connectivity index (χ1) is 6.16. The van der Waals surface area contributed by atoms with E-state index in [1.165, 1.54) is 7.11 Å². The van der Waals surface area contributed by atoms with Crippen LogP contribution in [0, 0.1) is 5.41 Å². The normalized spacial score (nSPS) is 9.00. The van der Waals surface area contributed by atoms with E-state index >= 15 is 0 Å². The maximum Gasteiger partial charge on any atom is 0.406 e. The fourth-order valence-corrected chi connectivity index (χ4v) is 0.736. The van der Waals surface area contributed by atoms with Crippen molar-refractivity contribution in [2.75, 3.05) is 20.2 Å². The third-order valence-corrected chi connectivity index (χ3v) is 1.37. The van der Waals surface area contributed by atoms with Gasteiger partial charge < -0.3 is 21.1 Å². The monoisotopic (exact) mass is 188 g/mol. The third-order valence-electron chi connectivity index (χ3n) is 1.37. The number of hydrogen-bond acceptors (Lipinski definition) is 3. The van der Waals surface area contributed by atoms with Crippen molar-refractivity contribution >= 4 is 12.1 Å². The molecule has 0 fully saturated rings. The quantitative estimate of drug-likeness (QED) is 0.268. The highest BCUT2D eigenvalue weighted by atomic mass is 16.5. The van der Waals surface area contributed by atoms with Gasteiger partial charge in [0.25, 0.3) is 0 Å². The molecule has 5 N–H and O–H groups in total. The Morgan fingerprint density at radius 2 is 1.92 bits per heavy atom. The number of nitrogens with one attached hydrogen (secondary N) is 3. The molecule has 0 aliphatic heterocycles. The Kier molecular flexibility index (Phi) is 6.39. The second-order valence-corrected chi connectivity index (χ2v) is 2.47. The molecule has 0 aromatic rings. The molecule has 6 nitrogen and oxygen atoms in total. The van der Waals surface area contributed by atoms with Gasteiger partial charge in [-0.1, -0.05) is 0 Å². The maximum absolute atomic E-state index is 10.5. The summed E-state index contributed by atoms with van der Waals surface area (Å²) < 4.78 is 4.38. The number of carbonyl (C=O) groups is 1. The minimum Gasteiger partial charge on any atom is -0.453 e. The smallest absolute Gasteiger partial charge is 0.406 e. The van der Waals surface area contributed by atoms with Gasteiger partial charge in [0, 0.05) is 13.1 Å². The number of methoxy groups -OCH3 is 1. The van der Waals surface area contributed by atoms with Crippen LogP contribution in [0.1, 0.15) is 12.8 Å². The zero-order chi connectivity index (χ0) is 10.1. The highest BCUT2D eigenvalue weighted by molar-refractivity contribution is 5.74. The van der Waals surface area contributed by atoms with Gasteiger partial charge >= 0.3 is 6.09 Å². The Hall–Kier alpha value is -1.46. The van der Waals surface area contributed by atoms with Gasteiger partial charge in [-0.2, -0.15) is 0 Å². The van der Waals surface area contributed by atoms with E-state index in [1.807, 2.05) is 0 Å². The van der Waals surface area contributed by atoms with Crippen molar-refractivity contribution in [1.29, 1.82) is 5.41 Å². The summed E-state index contributed by atoms with van der Waals surface area (Å²) in [7, 11) is 1.33. The topological polar surface area (TPSA) is 100 Å². The molecule has 0 atom stereocenters. The summed E-state index contributed by atoms with van der Waals surface area (Å²) >= 11 is 0. The van der Waals surface area contributed by atoms with Crippen LogP contribution in [-0.2, 0) is 4.74 Å². The standard InChI is InChI=1S/C7H16N4O2/c1-13-7(12)11-5-3-2-4-10-6(8)9/h2-5H2,1H3,(H,11,12)(H4,8,9,10). The number of amides is 1. The minimum atomic E-state index is -0.417. The summed E-state index contributed by atoms with van der Waals surface area (Å²) in [5.74, 6) is -0.0269. The lowest BCUT2D eigenvalue weighted by Gasteiger charge is -2.04. The molecule has 0 bridgehead atoms. The van der Waals surface area contributed by atoms with Gasteiger partial charge in [-0.15, -0.1) is 0 Å². The summed E-state index contributed by atoms with van der Waals surface area (Å²) in [6, 6.07) is 0. The molecule has 6 heteroatoms. The number of unbranched alkanes of at least 4 members (excludes halogenated alkanes) is 1. The molecule has 13 heavy (non-hydrogen) atoms. The Balaban J connectivity index is 3.08. The van der Waals surface area contributed by atoms with Gasteiger partial charge in [0.15, 0.2) is 5.96 Å². The van der Waals surface area contributed by atoms with E-state index < -0.39 is 6.09 Å². The first-order valence-corrected chi connectivity index (χ1v) is 4.06. The Bertz CT molecular complexity index is 172. The second-order valence-electron chi connectivity index (χ2n) is 2.47. The number of ether oxygens (including phenoxy) is 1. The highest BCUT2D eigenvalue weighted by Gasteiger charge is 1.95. The summed E-state index contributed by atoms with van der Waals surface area (Å²) in [6.45, 7) is 1.23. The van der Waals surface area contributed by atoms with Crippen molar-refractivity contribution < 1.29 is 9.53 Å². The number of hydrogen-bond donors (Lipinski definition) is 4. The van der Waals surface area contributed by atoms with E-state index in [4.69, 9.17) is 11.1 Å². The number of carbonyl (C=O) groups excluding carboxylic acids is 1. The van der Waals surface area contributed by atoms with Crippen LogP contribution in [0.25, 0.3) is 0 Å². The van der Waals surface area contributed by atoms with Crippen LogP contribution in [0.3, 0.4) is 0 Å². The SMILES string of the molecule is COC(=O)NCCCCNC(=N)N. The van der Waals surface area contributed by atoms with E-state index in [0.717, 1.165) is 12.8 Å². The molecule has 0 spiro atoms. The van der Waals surface area contributed by atoms with Gasteiger partial charge in [0.1, 0.15) is 0 Å². The van der Waals surface area contributed by atoms with Crippen molar-refractivity contribution in [3.63, 3.8) is 0 Å². The molecule has 0 aliphatic carbocycles. The van der Waals surface area contributed by atoms with E-state index in [1.54, 1.807) is 0 Å². The number of nitrogens with two attached hydrogens (primary N) is 1. The molecular formula is C7H16N4O2. The van der Waals surface area contributed by atoms with E-state index in [2.05, 4.69) is 15.4 Å². The average Bonchev–Trinajstić information content (AvgIpc) is 2.10. The van der Waals surface area contributed by atoms with Gasteiger partial charge in [-0.05, 0) is 12.8 Å². The zero-order valence-corrected chi connectivity index (χ0v) is 7.72. The summed E-state index contributed by atoms with van der Waals surface area (Å²) in [5.41, 5.74) is 5.06. The van der Waals surface area contributed by atoms with Crippen molar-refractivity contribution in [3.8, 4) is 0 Å². The van der Waals surface area contributed by atoms with Gasteiger partial charge in [-0.3, -0.25) is 5.41 Å². The van der Waals surface area contributed by atoms with Gasteiger partial charge in [0.2, 0.25) is 0 Å². The Morgan fingerprint density at radius 1 is 1.38 bits per heavy atom. The Morgan fingerprint density at radius 3 is 2.38 bits per heavy atom. The predicted molar refractivity (Wildman–Crippen MR) is 49.6 cm³/mol. The van der Waals surface area contributed by atoms with Crippen LogP contribution in [0.5, 0.6) is 0 Å². The fraction of sp³-hybridized carbons (Fsp3) is 0.714. The lowest BCUT2D eigenvalue weighted by molar-refractivity contribution is 0.171. The number of alkyl carbamates (subject to hydrolysis) is 1. The van der Waals surface area contributed by atoms with Crippen molar-refractivity contribution in [2.45, 2.75) is 12.8 Å². The molecule has 0 saturated heterocycles. The molecule has 0 aromatic carbocycles. The molecular weight excluding hydrogens is 172 g/mol. The van der Waals surface area contributed by atoms with E-state index in [9.17, 15) is 4.79 Å². The Labute approximate surface area is 77.3 Å². The van der Waals surface area contributed by atoms with Crippen LogP contribution in [0.15, 0.2) is 0 Å². The largest absolute Gasteiger partial charge is 0.453 e. The molecule has 0 unspecified atom stereocenters. The van der Waals surface area contributed by atoms with Crippen molar-refractivity contribution in [2.24, 2.45) is 5.73 Å². The summed E-state index contributed by atoms with van der Waals surface area (Å²) in [4.78, 5) is 10.5. The zero-order valence-electron chi connectivity index (χ0n) is 7.72. The van der Waals surface area contributed by atoms with Crippen LogP contribution >= 0.6 is 0 Å². The maximum atomic E-state index is 10.5. The molecule has 0 heterocycles. The van der Waals surface area contributed by atoms with Gasteiger partial charge in [0.05, 0.1) is 7.11 Å². The van der Waals surface area contributed by atoms with Gasteiger partial charge in [-0.25, -0.2) is 4.79 Å². The molecule has 76 valence electrons. The first kappa shape index (κ1) is 11.5. The molecule has 0 saturated carbocycles. The van der Waals surface area contributed by atoms with E-state index in [-0.39, 0.29) is 5.96 Å². The molecule has 0 aliphatic rings. The molecule has 1 amide bonds. The summed E-state index contributed by atoms with van der Waals surface area (Å²) in [5, 5.41) is 12.1. The number of guanidine groups is 1. The van der Waals surface area contributed by atoms with E-state index in [0.29, 0.717) is 13.1 Å². The predicted octanol–water partition coefficient (Wildman–Crippen LogP) is -0.394. The fourth-order valence-electron chi connectivity index (χ4n) is 0.736. The van der Waals surface area contributed by atoms with Crippen molar-refractivity contribution in [3.05, 3.63) is 0 Å². The second kappa shape index (κ2) is 7.20. The van der Waals surface area contributed by atoms with Crippen LogP contribution in [0.2, 0.25) is 0 Å². The van der Waals surface area contributed by atoms with Crippen LogP contribution in [0.4, 0.5) is 4.79 Å².